The Hall–Kier alpha value is -2.19. The first kappa shape index (κ1) is 29.4. The summed E-state index contributed by atoms with van der Waals surface area (Å²) in [5, 5.41) is 9.12. The lowest BCUT2D eigenvalue weighted by atomic mass is 9.70. The van der Waals surface area contributed by atoms with Crippen molar-refractivity contribution in [2.75, 3.05) is 32.8 Å². The quantitative estimate of drug-likeness (QED) is 0.282. The summed E-state index contributed by atoms with van der Waals surface area (Å²) in [5.74, 6) is -1.57. The fraction of sp³-hybridized carbons (Fsp3) is 0.759. The smallest absolute Gasteiger partial charge is 0.249 e. The summed E-state index contributed by atoms with van der Waals surface area (Å²) in [4.78, 5) is 47.5. The summed E-state index contributed by atoms with van der Waals surface area (Å²) in [6, 6.07) is -0.760. The molecule has 3 saturated heterocycles. The second kappa shape index (κ2) is 12.1. The van der Waals surface area contributed by atoms with E-state index in [9.17, 15) is 14.4 Å². The van der Waals surface area contributed by atoms with Crippen LogP contribution >= 0.6 is 0 Å². The minimum Gasteiger partial charge on any atom is -0.396 e. The van der Waals surface area contributed by atoms with Crippen molar-refractivity contribution < 1.29 is 24.2 Å². The Bertz CT molecular complexity index is 868. The topological polar surface area (TPSA) is 90.4 Å². The number of unbranched alkanes of at least 4 members (excludes halogenated alkanes) is 3. The Morgan fingerprint density at radius 2 is 1.81 bits per heavy atom. The number of carbonyl (C=O) groups is 3. The minimum absolute atomic E-state index is 0.0681. The molecule has 1 spiro atoms. The van der Waals surface area contributed by atoms with Gasteiger partial charge in [-0.25, -0.2) is 0 Å². The van der Waals surface area contributed by atoms with E-state index in [-0.39, 0.29) is 30.4 Å². The van der Waals surface area contributed by atoms with E-state index in [1.807, 2.05) is 27.7 Å². The molecule has 0 aromatic rings. The SMILES string of the molecule is C=CCN(CCC)C(=O)[C@@H]1[C@@H]2CCC3(O2)C(C(=O)N(CC=C)C(C)(C)C)N(CCCCCCO)C(=O)[C@H]13. The molecule has 1 N–H and O–H groups in total. The Balaban J connectivity index is 1.99. The summed E-state index contributed by atoms with van der Waals surface area (Å²) in [6.45, 7) is 17.6. The molecule has 3 fully saturated rings. The Kier molecular flexibility index (Phi) is 9.62. The Morgan fingerprint density at radius 1 is 1.14 bits per heavy atom. The van der Waals surface area contributed by atoms with Crippen LogP contribution in [0.4, 0.5) is 0 Å². The largest absolute Gasteiger partial charge is 0.396 e. The zero-order chi connectivity index (χ0) is 27.4. The van der Waals surface area contributed by atoms with Gasteiger partial charge in [0.15, 0.2) is 0 Å². The molecule has 8 nitrogen and oxygen atoms in total. The fourth-order valence-corrected chi connectivity index (χ4v) is 6.60. The first-order valence-electron chi connectivity index (χ1n) is 14.0. The number of carbonyl (C=O) groups excluding carboxylic acids is 3. The first-order valence-corrected chi connectivity index (χ1v) is 14.0. The van der Waals surface area contributed by atoms with E-state index < -0.39 is 29.0 Å². The van der Waals surface area contributed by atoms with Crippen LogP contribution in [0.2, 0.25) is 0 Å². The predicted octanol–water partition coefficient (Wildman–Crippen LogP) is 3.15. The van der Waals surface area contributed by atoms with E-state index in [2.05, 4.69) is 13.2 Å². The van der Waals surface area contributed by atoms with Gasteiger partial charge in [0.05, 0.1) is 17.9 Å². The van der Waals surface area contributed by atoms with E-state index in [1.165, 1.54) is 0 Å². The molecular weight excluding hydrogens is 470 g/mol. The molecule has 2 bridgehead atoms. The lowest BCUT2D eigenvalue weighted by molar-refractivity contribution is -0.151. The van der Waals surface area contributed by atoms with Gasteiger partial charge in [0.25, 0.3) is 0 Å². The molecule has 3 aliphatic heterocycles. The van der Waals surface area contributed by atoms with Crippen molar-refractivity contribution in [2.45, 2.75) is 95.9 Å². The van der Waals surface area contributed by atoms with Gasteiger partial charge in [0.1, 0.15) is 11.6 Å². The van der Waals surface area contributed by atoms with E-state index in [4.69, 9.17) is 9.84 Å². The normalized spacial score (nSPS) is 28.4. The summed E-state index contributed by atoms with van der Waals surface area (Å²) < 4.78 is 6.60. The molecule has 2 unspecified atom stereocenters. The van der Waals surface area contributed by atoms with E-state index >= 15 is 0 Å². The molecular formula is C29H47N3O5. The van der Waals surface area contributed by atoms with Crippen LogP contribution in [-0.4, -0.2) is 93.6 Å². The van der Waals surface area contributed by atoms with Gasteiger partial charge in [-0.2, -0.15) is 0 Å². The van der Waals surface area contributed by atoms with Gasteiger partial charge in [-0.1, -0.05) is 31.9 Å². The molecule has 0 aromatic carbocycles. The van der Waals surface area contributed by atoms with Gasteiger partial charge in [-0.15, -0.1) is 13.2 Å². The molecule has 0 aromatic heterocycles. The van der Waals surface area contributed by atoms with Crippen LogP contribution in [0.3, 0.4) is 0 Å². The molecule has 3 amide bonds. The lowest BCUT2D eigenvalue weighted by Crippen LogP contribution is -2.60. The van der Waals surface area contributed by atoms with Crippen molar-refractivity contribution in [3.05, 3.63) is 25.3 Å². The number of rotatable bonds is 14. The molecule has 0 saturated carbocycles. The highest BCUT2D eigenvalue weighted by Gasteiger charge is 2.75. The fourth-order valence-electron chi connectivity index (χ4n) is 6.60. The second-order valence-corrected chi connectivity index (χ2v) is 11.7. The lowest BCUT2D eigenvalue weighted by Gasteiger charge is -2.42. The maximum Gasteiger partial charge on any atom is 0.249 e. The van der Waals surface area contributed by atoms with Crippen LogP contribution in [-0.2, 0) is 19.1 Å². The Morgan fingerprint density at radius 3 is 2.41 bits per heavy atom. The number of nitrogens with zero attached hydrogens (tertiary/aromatic N) is 3. The highest BCUT2D eigenvalue weighted by molar-refractivity contribution is 5.99. The summed E-state index contributed by atoms with van der Waals surface area (Å²) in [7, 11) is 0. The zero-order valence-electron chi connectivity index (χ0n) is 23.3. The van der Waals surface area contributed by atoms with Crippen LogP contribution in [0.5, 0.6) is 0 Å². The highest BCUT2D eigenvalue weighted by Crippen LogP contribution is 2.59. The maximum absolute atomic E-state index is 14.3. The van der Waals surface area contributed by atoms with Gasteiger partial charge in [0.2, 0.25) is 17.7 Å². The van der Waals surface area contributed by atoms with E-state index in [0.717, 1.165) is 32.1 Å². The van der Waals surface area contributed by atoms with Crippen LogP contribution in [0.25, 0.3) is 0 Å². The monoisotopic (exact) mass is 517 g/mol. The molecule has 5 atom stereocenters. The number of aliphatic hydroxyl groups is 1. The van der Waals surface area contributed by atoms with Crippen molar-refractivity contribution in [1.82, 2.24) is 14.7 Å². The van der Waals surface area contributed by atoms with Gasteiger partial charge in [-0.3, -0.25) is 14.4 Å². The average molecular weight is 518 g/mol. The van der Waals surface area contributed by atoms with Crippen molar-refractivity contribution in [2.24, 2.45) is 11.8 Å². The van der Waals surface area contributed by atoms with Crippen molar-refractivity contribution in [1.29, 1.82) is 0 Å². The summed E-state index contributed by atoms with van der Waals surface area (Å²) >= 11 is 0. The number of likely N-dealkylation sites (tertiary alicyclic amines) is 1. The third-order valence-corrected chi connectivity index (χ3v) is 8.17. The van der Waals surface area contributed by atoms with Crippen LogP contribution in [0.1, 0.15) is 72.6 Å². The number of amides is 3. The molecule has 3 aliphatic rings. The Labute approximate surface area is 222 Å². The van der Waals surface area contributed by atoms with E-state index in [0.29, 0.717) is 39.0 Å². The first-order chi connectivity index (χ1) is 17.6. The molecule has 37 heavy (non-hydrogen) atoms. The zero-order valence-corrected chi connectivity index (χ0v) is 23.3. The number of hydrogen-bond acceptors (Lipinski definition) is 5. The maximum atomic E-state index is 14.3. The van der Waals surface area contributed by atoms with Crippen LogP contribution in [0.15, 0.2) is 25.3 Å². The van der Waals surface area contributed by atoms with Crippen molar-refractivity contribution in [3.8, 4) is 0 Å². The van der Waals surface area contributed by atoms with Crippen molar-refractivity contribution in [3.63, 3.8) is 0 Å². The third kappa shape index (κ3) is 5.51. The van der Waals surface area contributed by atoms with Crippen molar-refractivity contribution >= 4 is 17.7 Å². The van der Waals surface area contributed by atoms with Gasteiger partial charge < -0.3 is 24.5 Å². The standard InChI is InChI=1S/C29H47N3O5/c1-7-16-30(17-8-2)25(34)22-21-14-15-29(37-21)23(22)26(35)31(19-12-10-11-13-20-33)24(29)27(36)32(18-9-3)28(4,5)6/h7,9,21-24,33H,1,3,8,10-20H2,2,4-6H3/t21-,22+,23-,24?,29?/m0/s1. The number of hydrogen-bond donors (Lipinski definition) is 1. The van der Waals surface area contributed by atoms with Crippen LogP contribution in [0, 0.1) is 11.8 Å². The minimum atomic E-state index is -0.985. The van der Waals surface area contributed by atoms with E-state index in [1.54, 1.807) is 26.9 Å². The molecule has 3 rings (SSSR count). The number of fused-ring (bicyclic) bond motifs is 1. The molecule has 3 heterocycles. The average Bonchev–Trinajstić information content (AvgIpc) is 3.48. The molecule has 208 valence electrons. The molecule has 8 heteroatoms. The summed E-state index contributed by atoms with van der Waals surface area (Å²) in [5.41, 5.74) is -1.45. The third-order valence-electron chi connectivity index (χ3n) is 8.17. The second-order valence-electron chi connectivity index (χ2n) is 11.7. The van der Waals surface area contributed by atoms with Gasteiger partial charge >= 0.3 is 0 Å². The highest BCUT2D eigenvalue weighted by atomic mass is 16.5. The number of ether oxygens (including phenoxy) is 1. The van der Waals surface area contributed by atoms with Gasteiger partial charge in [-0.05, 0) is 52.9 Å². The summed E-state index contributed by atoms with van der Waals surface area (Å²) in [6.07, 6.45) is 8.32. The number of aliphatic hydroxyl groups excluding tert-OH is 1. The molecule has 0 aliphatic carbocycles. The molecule has 0 radical (unpaired) electrons. The van der Waals surface area contributed by atoms with Crippen LogP contribution < -0.4 is 0 Å². The van der Waals surface area contributed by atoms with Gasteiger partial charge in [0, 0.05) is 38.3 Å². The predicted molar refractivity (Wildman–Crippen MR) is 144 cm³/mol.